The zero-order valence-corrected chi connectivity index (χ0v) is 11.1. The smallest absolute Gasteiger partial charge is 0.356 e. The highest BCUT2D eigenvalue weighted by Crippen LogP contribution is 2.26. The number of nitrogens with one attached hydrogen (secondary N) is 1. The molecule has 2 heterocycles. The molecular formula is C13H16N2O5. The van der Waals surface area contributed by atoms with E-state index in [-0.39, 0.29) is 5.69 Å². The molecular weight excluding hydrogens is 264 g/mol. The van der Waals surface area contributed by atoms with Gasteiger partial charge in [-0.2, -0.15) is 0 Å². The van der Waals surface area contributed by atoms with Crippen molar-refractivity contribution >= 4 is 17.6 Å². The topological polar surface area (TPSA) is 97.8 Å². The summed E-state index contributed by atoms with van der Waals surface area (Å²) in [6.07, 6.45) is 2.15. The quantitative estimate of drug-likeness (QED) is 0.791. The van der Waals surface area contributed by atoms with Gasteiger partial charge in [-0.1, -0.05) is 0 Å². The van der Waals surface area contributed by atoms with Gasteiger partial charge in [0, 0.05) is 37.9 Å². The average molecular weight is 280 g/mol. The van der Waals surface area contributed by atoms with Crippen LogP contribution in [0.2, 0.25) is 0 Å². The van der Waals surface area contributed by atoms with Gasteiger partial charge in [-0.25, -0.2) is 14.6 Å². The Kier molecular flexibility index (Phi) is 4.19. The Morgan fingerprint density at radius 3 is 2.75 bits per heavy atom. The minimum absolute atomic E-state index is 0.130. The first-order valence-electron chi connectivity index (χ1n) is 6.21. The molecule has 0 radical (unpaired) electrons. The van der Waals surface area contributed by atoms with E-state index >= 15 is 0 Å². The van der Waals surface area contributed by atoms with Crippen LogP contribution in [0.4, 0.5) is 5.69 Å². The number of hydrogen-bond acceptors (Lipinski definition) is 6. The summed E-state index contributed by atoms with van der Waals surface area (Å²) in [5, 5.41) is 12.4. The Morgan fingerprint density at radius 1 is 1.45 bits per heavy atom. The fourth-order valence-corrected chi connectivity index (χ4v) is 2.11. The highest BCUT2D eigenvalue weighted by atomic mass is 16.5. The number of carbonyl (C=O) groups is 2. The normalized spacial score (nSPS) is 17.2. The van der Waals surface area contributed by atoms with Crippen molar-refractivity contribution in [3.63, 3.8) is 0 Å². The number of carboxylic acid groups (broad SMARTS) is 1. The number of anilines is 1. The Hall–Kier alpha value is -2.15. The van der Waals surface area contributed by atoms with E-state index in [0.29, 0.717) is 31.7 Å². The lowest BCUT2D eigenvalue weighted by Crippen LogP contribution is -2.50. The number of pyridine rings is 1. The molecule has 1 aromatic rings. The van der Waals surface area contributed by atoms with Crippen LogP contribution >= 0.6 is 0 Å². The van der Waals surface area contributed by atoms with Crippen LogP contribution in [0.5, 0.6) is 0 Å². The van der Waals surface area contributed by atoms with Crippen molar-refractivity contribution in [1.82, 2.24) is 4.98 Å². The molecule has 0 aliphatic carbocycles. The van der Waals surface area contributed by atoms with E-state index in [1.165, 1.54) is 19.4 Å². The predicted molar refractivity (Wildman–Crippen MR) is 69.6 cm³/mol. The predicted octanol–water partition coefficient (Wildman–Crippen LogP) is 0.914. The number of carbonyl (C=O) groups excluding carboxylic acids is 1. The van der Waals surface area contributed by atoms with Gasteiger partial charge < -0.3 is 19.9 Å². The zero-order valence-electron chi connectivity index (χ0n) is 11.1. The van der Waals surface area contributed by atoms with Crippen LogP contribution in [0.25, 0.3) is 0 Å². The first-order chi connectivity index (χ1) is 9.57. The second-order valence-corrected chi connectivity index (χ2v) is 4.55. The molecule has 7 heteroatoms. The molecule has 0 aromatic carbocycles. The maximum absolute atomic E-state index is 11.5. The molecule has 1 aliphatic rings. The van der Waals surface area contributed by atoms with E-state index in [9.17, 15) is 14.7 Å². The van der Waals surface area contributed by atoms with Crippen molar-refractivity contribution < 1.29 is 24.2 Å². The lowest BCUT2D eigenvalue weighted by Gasteiger charge is -2.34. The third kappa shape index (κ3) is 2.88. The van der Waals surface area contributed by atoms with Crippen LogP contribution in [0.3, 0.4) is 0 Å². The minimum atomic E-state index is -1.08. The fraction of sp³-hybridized carbons (Fsp3) is 0.462. The summed E-state index contributed by atoms with van der Waals surface area (Å²) in [4.78, 5) is 26.8. The van der Waals surface area contributed by atoms with E-state index in [0.717, 1.165) is 0 Å². The maximum Gasteiger partial charge on any atom is 0.356 e. The van der Waals surface area contributed by atoms with E-state index in [2.05, 4.69) is 15.0 Å². The summed E-state index contributed by atoms with van der Waals surface area (Å²) in [6, 6.07) is 3.10. The number of rotatable bonds is 4. The molecule has 2 N–H and O–H groups in total. The number of nitrogens with zero attached hydrogens (tertiary/aromatic N) is 1. The molecule has 2 rings (SSSR count). The second-order valence-electron chi connectivity index (χ2n) is 4.55. The number of aliphatic carboxylic acids is 1. The number of carboxylic acids is 1. The van der Waals surface area contributed by atoms with Crippen molar-refractivity contribution in [3.8, 4) is 0 Å². The van der Waals surface area contributed by atoms with Crippen molar-refractivity contribution in [2.75, 3.05) is 25.6 Å². The molecule has 0 bridgehead atoms. The van der Waals surface area contributed by atoms with Gasteiger partial charge in [0.25, 0.3) is 0 Å². The number of ether oxygens (including phenoxy) is 2. The van der Waals surface area contributed by atoms with Crippen LogP contribution in [0.1, 0.15) is 23.3 Å². The maximum atomic E-state index is 11.5. The number of hydrogen-bond donors (Lipinski definition) is 2. The molecule has 0 amide bonds. The first-order valence-corrected chi connectivity index (χ1v) is 6.21. The van der Waals surface area contributed by atoms with Crippen molar-refractivity contribution in [2.24, 2.45) is 0 Å². The van der Waals surface area contributed by atoms with E-state index in [4.69, 9.17) is 4.74 Å². The molecule has 1 aromatic heterocycles. The number of aromatic nitrogens is 1. The van der Waals surface area contributed by atoms with Crippen LogP contribution in [-0.4, -0.2) is 47.9 Å². The molecule has 0 spiro atoms. The van der Waals surface area contributed by atoms with E-state index < -0.39 is 17.5 Å². The third-order valence-corrected chi connectivity index (χ3v) is 3.29. The summed E-state index contributed by atoms with van der Waals surface area (Å²) < 4.78 is 9.79. The average Bonchev–Trinajstić information content (AvgIpc) is 2.47. The monoisotopic (exact) mass is 280 g/mol. The van der Waals surface area contributed by atoms with Crippen LogP contribution in [0, 0.1) is 0 Å². The lowest BCUT2D eigenvalue weighted by molar-refractivity contribution is -0.145. The van der Waals surface area contributed by atoms with Gasteiger partial charge in [0.05, 0.1) is 7.11 Å². The summed E-state index contributed by atoms with van der Waals surface area (Å²) in [7, 11) is 1.27. The van der Waals surface area contributed by atoms with Gasteiger partial charge in [0.1, 0.15) is 11.2 Å². The summed E-state index contributed by atoms with van der Waals surface area (Å²) in [6.45, 7) is 0.766. The van der Waals surface area contributed by atoms with Crippen molar-refractivity contribution in [3.05, 3.63) is 24.0 Å². The van der Waals surface area contributed by atoms with Crippen LogP contribution < -0.4 is 5.32 Å². The minimum Gasteiger partial charge on any atom is -0.480 e. The lowest BCUT2D eigenvalue weighted by atomic mass is 9.90. The molecule has 20 heavy (non-hydrogen) atoms. The highest BCUT2D eigenvalue weighted by Gasteiger charge is 2.40. The van der Waals surface area contributed by atoms with Crippen molar-refractivity contribution in [2.45, 2.75) is 18.4 Å². The van der Waals surface area contributed by atoms with Crippen LogP contribution in [-0.2, 0) is 14.3 Å². The Labute approximate surface area is 115 Å². The van der Waals surface area contributed by atoms with E-state index in [1.54, 1.807) is 6.07 Å². The van der Waals surface area contributed by atoms with Gasteiger partial charge in [-0.3, -0.25) is 0 Å². The Bertz CT molecular complexity index is 511. The van der Waals surface area contributed by atoms with Gasteiger partial charge in [0.2, 0.25) is 0 Å². The number of methoxy groups -OCH3 is 1. The van der Waals surface area contributed by atoms with Gasteiger partial charge in [-0.15, -0.1) is 0 Å². The van der Waals surface area contributed by atoms with Crippen molar-refractivity contribution in [1.29, 1.82) is 0 Å². The standard InChI is InChI=1S/C13H16N2O5/c1-19-11(16)10-8-9(2-5-14-10)15-13(12(17)18)3-6-20-7-4-13/h2,5,8H,3-4,6-7H2,1H3,(H,14,15)(H,17,18). The molecule has 1 fully saturated rings. The summed E-state index contributed by atoms with van der Waals surface area (Å²) >= 11 is 0. The first kappa shape index (κ1) is 14.3. The summed E-state index contributed by atoms with van der Waals surface area (Å²) in [5.74, 6) is -1.50. The highest BCUT2D eigenvalue weighted by molar-refractivity contribution is 5.89. The fourth-order valence-electron chi connectivity index (χ4n) is 2.11. The SMILES string of the molecule is COC(=O)c1cc(NC2(C(=O)O)CCOCC2)ccn1. The van der Waals surface area contributed by atoms with E-state index in [1.807, 2.05) is 0 Å². The van der Waals surface area contributed by atoms with Gasteiger partial charge >= 0.3 is 11.9 Å². The molecule has 1 saturated heterocycles. The summed E-state index contributed by atoms with van der Waals surface area (Å²) in [5.41, 5.74) is -0.428. The number of esters is 1. The molecule has 1 aliphatic heterocycles. The zero-order chi connectivity index (χ0) is 14.6. The molecule has 108 valence electrons. The van der Waals surface area contributed by atoms with Gasteiger partial charge in [0.15, 0.2) is 0 Å². The Balaban J connectivity index is 2.23. The largest absolute Gasteiger partial charge is 0.480 e. The second kappa shape index (κ2) is 5.87. The van der Waals surface area contributed by atoms with Crippen LogP contribution in [0.15, 0.2) is 18.3 Å². The molecule has 0 atom stereocenters. The Morgan fingerprint density at radius 2 is 2.15 bits per heavy atom. The molecule has 0 unspecified atom stereocenters. The third-order valence-electron chi connectivity index (χ3n) is 3.29. The molecule has 0 saturated carbocycles. The molecule has 7 nitrogen and oxygen atoms in total. The van der Waals surface area contributed by atoms with Gasteiger partial charge in [-0.05, 0) is 12.1 Å².